The van der Waals surface area contributed by atoms with Crippen LogP contribution >= 0.6 is 0 Å². The fraction of sp³-hybridized carbons (Fsp3) is 0.538. The predicted molar refractivity (Wildman–Crippen MR) is 61.0 cm³/mol. The Morgan fingerprint density at radius 2 is 2.19 bits per heavy atom. The first-order valence-electron chi connectivity index (χ1n) is 5.90. The highest BCUT2D eigenvalue weighted by Crippen LogP contribution is 2.27. The van der Waals surface area contributed by atoms with E-state index in [2.05, 4.69) is 11.1 Å². The molecule has 2 rings (SSSR count). The predicted octanol–water partition coefficient (Wildman–Crippen LogP) is 2.84. The molecule has 1 aliphatic carbocycles. The highest BCUT2D eigenvalue weighted by atomic mass is 16.1. The van der Waals surface area contributed by atoms with E-state index in [-0.39, 0.29) is 11.7 Å². The largest absolute Gasteiger partial charge is 0.364 e. The van der Waals surface area contributed by atoms with Gasteiger partial charge in [-0.2, -0.15) is 5.26 Å². The first-order valence-corrected chi connectivity index (χ1v) is 5.90. The number of carbonyl (C=O) groups is 1. The summed E-state index contributed by atoms with van der Waals surface area (Å²) in [6.07, 6.45) is 7.64. The number of H-pyrrole nitrogens is 1. The fourth-order valence-electron chi connectivity index (χ4n) is 2.44. The molecule has 1 aliphatic rings. The quantitative estimate of drug-likeness (QED) is 0.790. The van der Waals surface area contributed by atoms with Gasteiger partial charge in [0.1, 0.15) is 0 Å². The molecule has 0 radical (unpaired) electrons. The molecule has 3 nitrogen and oxygen atoms in total. The summed E-state index contributed by atoms with van der Waals surface area (Å²) in [4.78, 5) is 15.2. The Bertz CT molecular complexity index is 408. The van der Waals surface area contributed by atoms with Crippen molar-refractivity contribution in [1.29, 1.82) is 5.26 Å². The molecule has 0 saturated heterocycles. The molecule has 0 amide bonds. The molecule has 1 fully saturated rings. The lowest BCUT2D eigenvalue weighted by molar-refractivity contribution is 0.0889. The maximum Gasteiger partial charge on any atom is 0.167 e. The Morgan fingerprint density at radius 3 is 2.88 bits per heavy atom. The Kier molecular flexibility index (Phi) is 3.40. The molecule has 1 aromatic heterocycles. The van der Waals surface area contributed by atoms with Gasteiger partial charge in [-0.25, -0.2) is 0 Å². The van der Waals surface area contributed by atoms with Gasteiger partial charge in [0.05, 0.1) is 12.5 Å². The number of nitriles is 1. The van der Waals surface area contributed by atoms with Crippen LogP contribution in [0.5, 0.6) is 0 Å². The third kappa shape index (κ3) is 2.16. The second kappa shape index (κ2) is 4.98. The molecule has 1 heterocycles. The molecule has 84 valence electrons. The van der Waals surface area contributed by atoms with E-state index in [1.165, 1.54) is 6.42 Å². The van der Waals surface area contributed by atoms with E-state index in [4.69, 9.17) is 5.26 Å². The van der Waals surface area contributed by atoms with Gasteiger partial charge >= 0.3 is 0 Å². The van der Waals surface area contributed by atoms with Crippen LogP contribution in [0.15, 0.2) is 12.3 Å². The standard InChI is InChI=1S/C13H16N2O/c14-8-6-12-11(7-9-15-12)13(16)10-4-2-1-3-5-10/h7,9-10,15H,1-6H2. The van der Waals surface area contributed by atoms with E-state index in [9.17, 15) is 4.79 Å². The number of hydrogen-bond donors (Lipinski definition) is 1. The molecule has 0 atom stereocenters. The number of aromatic nitrogens is 1. The van der Waals surface area contributed by atoms with Gasteiger partial charge in [-0.3, -0.25) is 4.79 Å². The van der Waals surface area contributed by atoms with Gasteiger partial charge in [-0.05, 0) is 18.9 Å². The van der Waals surface area contributed by atoms with Gasteiger partial charge in [0.15, 0.2) is 5.78 Å². The lowest BCUT2D eigenvalue weighted by atomic mass is 9.84. The van der Waals surface area contributed by atoms with Crippen LogP contribution in [0.25, 0.3) is 0 Å². The van der Waals surface area contributed by atoms with Crippen molar-refractivity contribution in [2.75, 3.05) is 0 Å². The van der Waals surface area contributed by atoms with E-state index in [0.717, 1.165) is 36.9 Å². The second-order valence-electron chi connectivity index (χ2n) is 4.40. The highest BCUT2D eigenvalue weighted by molar-refractivity contribution is 5.99. The molecule has 1 aromatic rings. The molecule has 16 heavy (non-hydrogen) atoms. The average Bonchev–Trinajstić information content (AvgIpc) is 2.78. The Hall–Kier alpha value is -1.56. The summed E-state index contributed by atoms with van der Waals surface area (Å²) < 4.78 is 0. The minimum absolute atomic E-state index is 0.182. The van der Waals surface area contributed by atoms with Gasteiger partial charge in [-0.15, -0.1) is 0 Å². The van der Waals surface area contributed by atoms with E-state index in [1.807, 2.05) is 6.07 Å². The third-order valence-electron chi connectivity index (χ3n) is 3.33. The van der Waals surface area contributed by atoms with E-state index < -0.39 is 0 Å². The van der Waals surface area contributed by atoms with E-state index in [1.54, 1.807) is 6.20 Å². The lowest BCUT2D eigenvalue weighted by Crippen LogP contribution is -2.18. The van der Waals surface area contributed by atoms with E-state index in [0.29, 0.717) is 6.42 Å². The van der Waals surface area contributed by atoms with Gasteiger partial charge in [0.25, 0.3) is 0 Å². The second-order valence-corrected chi connectivity index (χ2v) is 4.40. The van der Waals surface area contributed by atoms with Crippen LogP contribution in [0.1, 0.15) is 48.2 Å². The normalized spacial score (nSPS) is 16.9. The topological polar surface area (TPSA) is 56.6 Å². The molecule has 0 aromatic carbocycles. The molecule has 0 spiro atoms. The van der Waals surface area contributed by atoms with Crippen LogP contribution in [-0.4, -0.2) is 10.8 Å². The Balaban J connectivity index is 2.13. The number of hydrogen-bond acceptors (Lipinski definition) is 2. The zero-order valence-electron chi connectivity index (χ0n) is 9.33. The van der Waals surface area contributed by atoms with Crippen molar-refractivity contribution in [3.05, 3.63) is 23.5 Å². The summed E-state index contributed by atoms with van der Waals surface area (Å²) in [5, 5.41) is 8.67. The van der Waals surface area contributed by atoms with Gasteiger partial charge in [0.2, 0.25) is 0 Å². The molecule has 1 saturated carbocycles. The maximum atomic E-state index is 12.2. The average molecular weight is 216 g/mol. The first-order chi connectivity index (χ1) is 7.83. The highest BCUT2D eigenvalue weighted by Gasteiger charge is 2.24. The van der Waals surface area contributed by atoms with Gasteiger partial charge in [0, 0.05) is 23.4 Å². The minimum atomic E-state index is 0.182. The van der Waals surface area contributed by atoms with Crippen LogP contribution in [0.3, 0.4) is 0 Å². The van der Waals surface area contributed by atoms with Crippen molar-refractivity contribution >= 4 is 5.78 Å². The number of aromatic amines is 1. The zero-order valence-corrected chi connectivity index (χ0v) is 9.33. The summed E-state index contributed by atoms with van der Waals surface area (Å²) in [6, 6.07) is 3.89. The number of nitrogens with zero attached hydrogens (tertiary/aromatic N) is 1. The van der Waals surface area contributed by atoms with Crippen molar-refractivity contribution < 1.29 is 4.79 Å². The number of rotatable bonds is 3. The molecular formula is C13H16N2O. The number of nitrogens with one attached hydrogen (secondary N) is 1. The molecule has 0 aliphatic heterocycles. The van der Waals surface area contributed by atoms with E-state index >= 15 is 0 Å². The maximum absolute atomic E-state index is 12.2. The van der Waals surface area contributed by atoms with Crippen LogP contribution in [0.4, 0.5) is 0 Å². The third-order valence-corrected chi connectivity index (χ3v) is 3.33. The van der Waals surface area contributed by atoms with Crippen molar-refractivity contribution in [3.63, 3.8) is 0 Å². The first kappa shape index (κ1) is 10.9. The monoisotopic (exact) mass is 216 g/mol. The minimum Gasteiger partial charge on any atom is -0.364 e. The lowest BCUT2D eigenvalue weighted by Gasteiger charge is -2.20. The van der Waals surface area contributed by atoms with Crippen molar-refractivity contribution in [2.24, 2.45) is 5.92 Å². The molecule has 1 N–H and O–H groups in total. The van der Waals surface area contributed by atoms with Crippen molar-refractivity contribution in [2.45, 2.75) is 38.5 Å². The number of Topliss-reactive ketones (excluding diaryl/α,β-unsaturated/α-hetero) is 1. The van der Waals surface area contributed by atoms with Gasteiger partial charge in [-0.1, -0.05) is 19.3 Å². The van der Waals surface area contributed by atoms with Crippen molar-refractivity contribution in [1.82, 2.24) is 4.98 Å². The van der Waals surface area contributed by atoms with Crippen LogP contribution < -0.4 is 0 Å². The summed E-state index contributed by atoms with van der Waals surface area (Å²) in [6.45, 7) is 0. The zero-order chi connectivity index (χ0) is 11.4. The molecule has 3 heteroatoms. The smallest absolute Gasteiger partial charge is 0.167 e. The summed E-state index contributed by atoms with van der Waals surface area (Å²) >= 11 is 0. The summed E-state index contributed by atoms with van der Waals surface area (Å²) in [7, 11) is 0. The van der Waals surface area contributed by atoms with Crippen LogP contribution in [0, 0.1) is 17.2 Å². The van der Waals surface area contributed by atoms with Crippen LogP contribution in [-0.2, 0) is 6.42 Å². The summed E-state index contributed by atoms with van der Waals surface area (Å²) in [5.41, 5.74) is 1.51. The van der Waals surface area contributed by atoms with Crippen molar-refractivity contribution in [3.8, 4) is 6.07 Å². The SMILES string of the molecule is N#CCc1[nH]ccc1C(=O)C1CCCCC1. The Morgan fingerprint density at radius 1 is 1.44 bits per heavy atom. The molecule has 0 bridgehead atoms. The van der Waals surface area contributed by atoms with Crippen LogP contribution in [0.2, 0.25) is 0 Å². The number of ketones is 1. The molecule has 0 unspecified atom stereocenters. The van der Waals surface area contributed by atoms with Gasteiger partial charge < -0.3 is 4.98 Å². The molecular weight excluding hydrogens is 200 g/mol. The fourth-order valence-corrected chi connectivity index (χ4v) is 2.44. The Labute approximate surface area is 95.5 Å². The summed E-state index contributed by atoms with van der Waals surface area (Å²) in [5.74, 6) is 0.410. The number of carbonyl (C=O) groups excluding carboxylic acids is 1.